The molecule has 0 spiro atoms. The number of hydrogen-bond acceptors (Lipinski definition) is 4. The largest absolute Gasteiger partial charge is 0.342 e. The Balaban J connectivity index is 2.16. The van der Waals surface area contributed by atoms with Crippen LogP contribution in [-0.2, 0) is 0 Å². The van der Waals surface area contributed by atoms with Crippen molar-refractivity contribution in [1.82, 2.24) is 25.7 Å². The van der Waals surface area contributed by atoms with Gasteiger partial charge < -0.3 is 5.32 Å². The van der Waals surface area contributed by atoms with Crippen molar-refractivity contribution in [1.29, 1.82) is 0 Å². The van der Waals surface area contributed by atoms with Crippen LogP contribution < -0.4 is 5.32 Å². The average Bonchev–Trinajstić information content (AvgIpc) is 2.82. The van der Waals surface area contributed by atoms with Crippen LogP contribution in [0.25, 0.3) is 0 Å². The van der Waals surface area contributed by atoms with Crippen LogP contribution in [0.2, 0.25) is 0 Å². The third kappa shape index (κ3) is 2.96. The zero-order valence-corrected chi connectivity index (χ0v) is 11.3. The van der Waals surface area contributed by atoms with Gasteiger partial charge >= 0.3 is 0 Å². The lowest BCUT2D eigenvalue weighted by Gasteiger charge is -2.16. The molecule has 0 aliphatic heterocycles. The van der Waals surface area contributed by atoms with Crippen LogP contribution in [0.1, 0.15) is 47.0 Å². The van der Waals surface area contributed by atoms with Gasteiger partial charge in [0.15, 0.2) is 5.69 Å². The number of aromatic amines is 1. The molecule has 0 radical (unpaired) electrons. The zero-order chi connectivity index (χ0) is 13.8. The van der Waals surface area contributed by atoms with Crippen molar-refractivity contribution >= 4 is 5.91 Å². The summed E-state index contributed by atoms with van der Waals surface area (Å²) in [7, 11) is 0. The number of aryl methyl sites for hydroxylation is 2. The first-order valence-electron chi connectivity index (χ1n) is 6.23. The predicted octanol–water partition coefficient (Wildman–Crippen LogP) is 1.70. The molecule has 2 aromatic heterocycles. The fraction of sp³-hybridized carbons (Fsp3) is 0.385. The fourth-order valence-electron chi connectivity index (χ4n) is 1.87. The van der Waals surface area contributed by atoms with Gasteiger partial charge in [0.05, 0.1) is 17.4 Å². The number of amides is 1. The van der Waals surface area contributed by atoms with Gasteiger partial charge in [0.25, 0.3) is 5.91 Å². The Morgan fingerprint density at radius 3 is 2.74 bits per heavy atom. The highest BCUT2D eigenvalue weighted by Gasteiger charge is 2.18. The standard InChI is InChI=1S/C13H17N5O/c1-4-10(11-7-5-6-8(2)14-11)15-13(19)12-9(3)16-18-17-12/h5-7,10H,4H2,1-3H3,(H,15,19)(H,16,17,18)/t10-/m1/s1. The van der Waals surface area contributed by atoms with Crippen molar-refractivity contribution in [3.05, 3.63) is 41.0 Å². The molecule has 6 nitrogen and oxygen atoms in total. The second-order valence-corrected chi connectivity index (χ2v) is 4.40. The number of aromatic nitrogens is 4. The lowest BCUT2D eigenvalue weighted by atomic mass is 10.1. The van der Waals surface area contributed by atoms with E-state index in [-0.39, 0.29) is 11.9 Å². The Bertz CT molecular complexity index is 578. The number of rotatable bonds is 4. The number of H-pyrrole nitrogens is 1. The van der Waals surface area contributed by atoms with Crippen molar-refractivity contribution in [3.63, 3.8) is 0 Å². The normalized spacial score (nSPS) is 12.2. The van der Waals surface area contributed by atoms with Crippen LogP contribution in [-0.4, -0.2) is 26.3 Å². The molecule has 0 aliphatic rings. The first kappa shape index (κ1) is 13.2. The molecule has 0 fully saturated rings. The monoisotopic (exact) mass is 259 g/mol. The van der Waals surface area contributed by atoms with Gasteiger partial charge in [-0.05, 0) is 32.4 Å². The molecule has 1 atom stereocenters. The van der Waals surface area contributed by atoms with E-state index in [0.29, 0.717) is 11.4 Å². The summed E-state index contributed by atoms with van der Waals surface area (Å²) < 4.78 is 0. The zero-order valence-electron chi connectivity index (χ0n) is 11.3. The second-order valence-electron chi connectivity index (χ2n) is 4.40. The van der Waals surface area contributed by atoms with Crippen LogP contribution in [0.5, 0.6) is 0 Å². The minimum Gasteiger partial charge on any atom is -0.342 e. The summed E-state index contributed by atoms with van der Waals surface area (Å²) in [6.45, 7) is 5.68. The Morgan fingerprint density at radius 2 is 2.16 bits per heavy atom. The van der Waals surface area contributed by atoms with Crippen molar-refractivity contribution in [2.75, 3.05) is 0 Å². The maximum Gasteiger partial charge on any atom is 0.274 e. The lowest BCUT2D eigenvalue weighted by Crippen LogP contribution is -2.29. The van der Waals surface area contributed by atoms with Gasteiger partial charge in [-0.15, -0.1) is 0 Å². The van der Waals surface area contributed by atoms with Crippen molar-refractivity contribution < 1.29 is 4.79 Å². The van der Waals surface area contributed by atoms with Crippen molar-refractivity contribution in [2.24, 2.45) is 0 Å². The number of nitrogens with zero attached hydrogens (tertiary/aromatic N) is 3. The van der Waals surface area contributed by atoms with Crippen LogP contribution >= 0.6 is 0 Å². The first-order chi connectivity index (χ1) is 9.11. The Labute approximate surface area is 111 Å². The van der Waals surface area contributed by atoms with E-state index in [1.54, 1.807) is 6.92 Å². The molecule has 1 amide bonds. The quantitative estimate of drug-likeness (QED) is 0.875. The molecule has 0 bridgehead atoms. The molecular weight excluding hydrogens is 242 g/mol. The van der Waals surface area contributed by atoms with E-state index in [1.165, 1.54) is 0 Å². The molecule has 2 heterocycles. The highest BCUT2D eigenvalue weighted by molar-refractivity contribution is 5.93. The van der Waals surface area contributed by atoms with Crippen molar-refractivity contribution in [2.45, 2.75) is 33.2 Å². The third-order valence-electron chi connectivity index (χ3n) is 2.92. The number of carbonyl (C=O) groups is 1. The van der Waals surface area contributed by atoms with Crippen LogP contribution in [0, 0.1) is 13.8 Å². The van der Waals surface area contributed by atoms with Crippen LogP contribution in [0.4, 0.5) is 0 Å². The van der Waals surface area contributed by atoms with Gasteiger partial charge in [-0.2, -0.15) is 15.4 Å². The smallest absolute Gasteiger partial charge is 0.274 e. The first-order valence-corrected chi connectivity index (χ1v) is 6.23. The van der Waals surface area contributed by atoms with Gasteiger partial charge in [-0.25, -0.2) is 0 Å². The average molecular weight is 259 g/mol. The number of nitrogens with one attached hydrogen (secondary N) is 2. The van der Waals surface area contributed by atoms with Gasteiger partial charge in [0, 0.05) is 5.69 Å². The molecule has 0 saturated carbocycles. The molecular formula is C13H17N5O. The Morgan fingerprint density at radius 1 is 1.37 bits per heavy atom. The van der Waals surface area contributed by atoms with E-state index in [9.17, 15) is 4.79 Å². The molecule has 100 valence electrons. The molecule has 0 aromatic carbocycles. The number of carbonyl (C=O) groups excluding carboxylic acids is 1. The van der Waals surface area contributed by atoms with E-state index in [2.05, 4.69) is 25.7 Å². The van der Waals surface area contributed by atoms with Gasteiger partial charge in [0.2, 0.25) is 0 Å². The van der Waals surface area contributed by atoms with E-state index in [0.717, 1.165) is 17.8 Å². The van der Waals surface area contributed by atoms with Crippen LogP contribution in [0.15, 0.2) is 18.2 Å². The summed E-state index contributed by atoms with van der Waals surface area (Å²) in [6.07, 6.45) is 0.763. The number of hydrogen-bond donors (Lipinski definition) is 2. The second kappa shape index (κ2) is 5.60. The summed E-state index contributed by atoms with van der Waals surface area (Å²) in [5.74, 6) is -0.235. The van der Waals surface area contributed by atoms with E-state index in [1.807, 2.05) is 32.0 Å². The fourth-order valence-corrected chi connectivity index (χ4v) is 1.87. The van der Waals surface area contributed by atoms with E-state index >= 15 is 0 Å². The lowest BCUT2D eigenvalue weighted by molar-refractivity contribution is 0.0929. The number of pyridine rings is 1. The summed E-state index contributed by atoms with van der Waals surface area (Å²) in [5, 5.41) is 13.1. The summed E-state index contributed by atoms with van der Waals surface area (Å²) in [5.41, 5.74) is 2.70. The van der Waals surface area contributed by atoms with E-state index < -0.39 is 0 Å². The predicted molar refractivity (Wildman–Crippen MR) is 70.6 cm³/mol. The SMILES string of the molecule is CC[C@@H](NC(=O)c1n[nH]nc1C)c1cccc(C)n1. The maximum absolute atomic E-state index is 12.1. The highest BCUT2D eigenvalue weighted by atomic mass is 16.2. The molecule has 0 aliphatic carbocycles. The maximum atomic E-state index is 12.1. The molecule has 6 heteroatoms. The minimum absolute atomic E-state index is 0.122. The van der Waals surface area contributed by atoms with Gasteiger partial charge in [0.1, 0.15) is 0 Å². The molecule has 2 rings (SSSR count). The highest BCUT2D eigenvalue weighted by Crippen LogP contribution is 2.15. The molecule has 0 unspecified atom stereocenters. The molecule has 0 saturated heterocycles. The topological polar surface area (TPSA) is 83.6 Å². The Kier molecular flexibility index (Phi) is 3.89. The summed E-state index contributed by atoms with van der Waals surface area (Å²) >= 11 is 0. The Hall–Kier alpha value is -2.24. The van der Waals surface area contributed by atoms with E-state index in [4.69, 9.17) is 0 Å². The third-order valence-corrected chi connectivity index (χ3v) is 2.92. The van der Waals surface area contributed by atoms with Crippen LogP contribution in [0.3, 0.4) is 0 Å². The summed E-state index contributed by atoms with van der Waals surface area (Å²) in [6, 6.07) is 5.66. The minimum atomic E-state index is -0.235. The summed E-state index contributed by atoms with van der Waals surface area (Å²) in [4.78, 5) is 16.5. The molecule has 2 aromatic rings. The molecule has 19 heavy (non-hydrogen) atoms. The van der Waals surface area contributed by atoms with Gasteiger partial charge in [-0.3, -0.25) is 9.78 Å². The van der Waals surface area contributed by atoms with Crippen molar-refractivity contribution in [3.8, 4) is 0 Å². The molecule has 2 N–H and O–H groups in total. The van der Waals surface area contributed by atoms with Gasteiger partial charge in [-0.1, -0.05) is 13.0 Å².